The molecule has 0 atom stereocenters. The van der Waals surface area contributed by atoms with Gasteiger partial charge in [-0.25, -0.2) is 9.97 Å². The van der Waals surface area contributed by atoms with Gasteiger partial charge in [-0.05, 0) is 25.1 Å². The average molecular weight is 395 g/mol. The Morgan fingerprint density at radius 2 is 2.07 bits per heavy atom. The molecule has 0 spiro atoms. The standard InChI is InChI=1S/C20H21N5O2S/c1-11-16-12(18(26)23-19-22-15(10-28-19)20(2,3)4)9-13(14-7-6-8-27-14)21-17(16)25(5)24-11/h6-10H,1-5H3,(H,22,23,26). The summed E-state index contributed by atoms with van der Waals surface area (Å²) in [6, 6.07) is 5.35. The first-order valence-corrected chi connectivity index (χ1v) is 9.77. The van der Waals surface area contributed by atoms with Crippen LogP contribution in [0.15, 0.2) is 34.3 Å². The maximum absolute atomic E-state index is 13.1. The maximum atomic E-state index is 13.1. The highest BCUT2D eigenvalue weighted by Gasteiger charge is 2.22. The minimum absolute atomic E-state index is 0.0736. The molecule has 0 saturated heterocycles. The van der Waals surface area contributed by atoms with Crippen LogP contribution in [0.25, 0.3) is 22.5 Å². The lowest BCUT2D eigenvalue weighted by molar-refractivity contribution is 0.102. The van der Waals surface area contributed by atoms with Crippen LogP contribution in [0.3, 0.4) is 0 Å². The molecule has 4 aromatic rings. The number of nitrogens with one attached hydrogen (secondary N) is 1. The average Bonchev–Trinajstić information content (AvgIpc) is 3.35. The normalized spacial score (nSPS) is 11.9. The highest BCUT2D eigenvalue weighted by Crippen LogP contribution is 2.29. The third-order valence-corrected chi connectivity index (χ3v) is 5.24. The number of hydrogen-bond acceptors (Lipinski definition) is 6. The van der Waals surface area contributed by atoms with Gasteiger partial charge < -0.3 is 4.42 Å². The molecule has 0 radical (unpaired) electrons. The molecule has 0 fully saturated rings. The Balaban J connectivity index is 1.78. The van der Waals surface area contributed by atoms with Gasteiger partial charge in [-0.1, -0.05) is 20.8 Å². The number of aryl methyl sites for hydroxylation is 2. The van der Waals surface area contributed by atoms with E-state index in [2.05, 4.69) is 41.2 Å². The number of nitrogens with zero attached hydrogens (tertiary/aromatic N) is 4. The molecule has 0 saturated carbocycles. The van der Waals surface area contributed by atoms with Crippen molar-refractivity contribution in [2.75, 3.05) is 5.32 Å². The molecule has 0 aliphatic rings. The molecule has 4 rings (SSSR count). The van der Waals surface area contributed by atoms with Crippen molar-refractivity contribution in [2.45, 2.75) is 33.1 Å². The largest absolute Gasteiger partial charge is 0.463 e. The molecule has 0 unspecified atom stereocenters. The number of pyridine rings is 1. The monoisotopic (exact) mass is 395 g/mol. The van der Waals surface area contributed by atoms with E-state index < -0.39 is 0 Å². The van der Waals surface area contributed by atoms with Gasteiger partial charge in [0.05, 0.1) is 28.6 Å². The lowest BCUT2D eigenvalue weighted by atomic mass is 9.93. The molecule has 0 aliphatic heterocycles. The van der Waals surface area contributed by atoms with Crippen molar-refractivity contribution in [3.8, 4) is 11.5 Å². The first-order chi connectivity index (χ1) is 13.2. The highest BCUT2D eigenvalue weighted by molar-refractivity contribution is 7.14. The third-order valence-electron chi connectivity index (χ3n) is 4.48. The van der Waals surface area contributed by atoms with Gasteiger partial charge in [-0.3, -0.25) is 14.8 Å². The second-order valence-corrected chi connectivity index (χ2v) is 8.54. The number of carbonyl (C=O) groups is 1. The van der Waals surface area contributed by atoms with Crippen LogP contribution in [0.5, 0.6) is 0 Å². The van der Waals surface area contributed by atoms with E-state index in [-0.39, 0.29) is 11.3 Å². The van der Waals surface area contributed by atoms with Crippen LogP contribution in [-0.2, 0) is 12.5 Å². The zero-order valence-corrected chi connectivity index (χ0v) is 17.2. The molecule has 1 amide bonds. The molecule has 1 N–H and O–H groups in total. The number of fused-ring (bicyclic) bond motifs is 1. The minimum Gasteiger partial charge on any atom is -0.463 e. The van der Waals surface area contributed by atoms with Gasteiger partial charge in [-0.2, -0.15) is 5.10 Å². The molecule has 0 aromatic carbocycles. The minimum atomic E-state index is -0.244. The molecule has 8 heteroatoms. The van der Waals surface area contributed by atoms with Gasteiger partial charge in [0.25, 0.3) is 5.91 Å². The van der Waals surface area contributed by atoms with E-state index in [1.165, 1.54) is 11.3 Å². The Hall–Kier alpha value is -3.00. The Morgan fingerprint density at radius 3 is 2.71 bits per heavy atom. The van der Waals surface area contributed by atoms with Gasteiger partial charge >= 0.3 is 0 Å². The van der Waals surface area contributed by atoms with Crippen molar-refractivity contribution in [1.82, 2.24) is 19.7 Å². The van der Waals surface area contributed by atoms with Crippen LogP contribution >= 0.6 is 11.3 Å². The molecule has 4 aromatic heterocycles. The molecular formula is C20H21N5O2S. The van der Waals surface area contributed by atoms with Gasteiger partial charge in [-0.15, -0.1) is 11.3 Å². The summed E-state index contributed by atoms with van der Waals surface area (Å²) >= 11 is 1.42. The zero-order valence-electron chi connectivity index (χ0n) is 16.4. The number of aromatic nitrogens is 4. The van der Waals surface area contributed by atoms with Gasteiger partial charge in [0.1, 0.15) is 5.69 Å². The lowest BCUT2D eigenvalue weighted by Gasteiger charge is -2.14. The number of carbonyl (C=O) groups excluding carboxylic acids is 1. The molecule has 0 bridgehead atoms. The van der Waals surface area contributed by atoms with Crippen LogP contribution in [0.4, 0.5) is 5.13 Å². The first kappa shape index (κ1) is 18.4. The van der Waals surface area contributed by atoms with E-state index in [0.29, 0.717) is 27.8 Å². The SMILES string of the molecule is Cc1nn(C)c2nc(-c3ccco3)cc(C(=O)Nc3nc(C(C)(C)C)cs3)c12. The number of rotatable bonds is 3. The summed E-state index contributed by atoms with van der Waals surface area (Å²) in [6.07, 6.45) is 1.58. The van der Waals surface area contributed by atoms with E-state index >= 15 is 0 Å². The number of thiazole rings is 1. The number of amides is 1. The maximum Gasteiger partial charge on any atom is 0.258 e. The summed E-state index contributed by atoms with van der Waals surface area (Å²) < 4.78 is 7.15. The highest BCUT2D eigenvalue weighted by atomic mass is 32.1. The quantitative estimate of drug-likeness (QED) is 0.550. The van der Waals surface area contributed by atoms with Gasteiger partial charge in [0.15, 0.2) is 16.5 Å². The second-order valence-electron chi connectivity index (χ2n) is 7.68. The van der Waals surface area contributed by atoms with Crippen LogP contribution in [-0.4, -0.2) is 25.7 Å². The fourth-order valence-corrected chi connectivity index (χ4v) is 3.95. The lowest BCUT2D eigenvalue weighted by Crippen LogP contribution is -2.15. The topological polar surface area (TPSA) is 85.8 Å². The fourth-order valence-electron chi connectivity index (χ4n) is 3.01. The molecule has 28 heavy (non-hydrogen) atoms. The smallest absolute Gasteiger partial charge is 0.258 e. The van der Waals surface area contributed by atoms with E-state index in [0.717, 1.165) is 16.8 Å². The van der Waals surface area contributed by atoms with Crippen molar-refractivity contribution in [3.63, 3.8) is 0 Å². The molecule has 0 aliphatic carbocycles. The van der Waals surface area contributed by atoms with Crippen molar-refractivity contribution in [2.24, 2.45) is 7.05 Å². The Morgan fingerprint density at radius 1 is 1.29 bits per heavy atom. The van der Waals surface area contributed by atoms with Crippen molar-refractivity contribution < 1.29 is 9.21 Å². The summed E-state index contributed by atoms with van der Waals surface area (Å²) in [5, 5.41) is 10.6. The Kier molecular flexibility index (Phi) is 4.30. The van der Waals surface area contributed by atoms with E-state index in [1.54, 1.807) is 23.1 Å². The Bertz CT molecular complexity index is 1170. The van der Waals surface area contributed by atoms with Gasteiger partial charge in [0.2, 0.25) is 0 Å². The summed E-state index contributed by atoms with van der Waals surface area (Å²) in [7, 11) is 1.81. The van der Waals surface area contributed by atoms with Crippen molar-refractivity contribution in [3.05, 3.63) is 46.8 Å². The van der Waals surface area contributed by atoms with E-state index in [9.17, 15) is 4.79 Å². The summed E-state index contributed by atoms with van der Waals surface area (Å²) in [5.74, 6) is 0.352. The first-order valence-electron chi connectivity index (χ1n) is 8.89. The Labute approximate surface area is 166 Å². The number of furan rings is 1. The predicted molar refractivity (Wildman–Crippen MR) is 110 cm³/mol. The van der Waals surface area contributed by atoms with Crippen LogP contribution in [0.2, 0.25) is 0 Å². The molecular weight excluding hydrogens is 374 g/mol. The van der Waals surface area contributed by atoms with Crippen molar-refractivity contribution >= 4 is 33.4 Å². The van der Waals surface area contributed by atoms with Crippen LogP contribution in [0.1, 0.15) is 42.5 Å². The number of anilines is 1. The zero-order chi connectivity index (χ0) is 20.1. The molecule has 4 heterocycles. The second kappa shape index (κ2) is 6.56. The predicted octanol–water partition coefficient (Wildman–Crippen LogP) is 4.54. The van der Waals surface area contributed by atoms with Crippen LogP contribution < -0.4 is 5.32 Å². The van der Waals surface area contributed by atoms with E-state index in [4.69, 9.17) is 4.42 Å². The summed E-state index contributed by atoms with van der Waals surface area (Å²) in [6.45, 7) is 8.15. The summed E-state index contributed by atoms with van der Waals surface area (Å²) in [5.41, 5.74) is 3.33. The fraction of sp³-hybridized carbons (Fsp3) is 0.300. The molecule has 144 valence electrons. The third kappa shape index (κ3) is 3.20. The van der Waals surface area contributed by atoms with Crippen LogP contribution in [0, 0.1) is 6.92 Å². The van der Waals surface area contributed by atoms with Crippen molar-refractivity contribution in [1.29, 1.82) is 0 Å². The molecule has 7 nitrogen and oxygen atoms in total. The summed E-state index contributed by atoms with van der Waals surface area (Å²) in [4.78, 5) is 22.3. The number of hydrogen-bond donors (Lipinski definition) is 1. The van der Waals surface area contributed by atoms with E-state index in [1.807, 2.05) is 25.4 Å². The van der Waals surface area contributed by atoms with Gasteiger partial charge in [0, 0.05) is 17.8 Å².